The number of hydrogen-bond donors (Lipinski definition) is 1. The molecule has 2 rings (SSSR count). The van der Waals surface area contributed by atoms with Crippen molar-refractivity contribution in [2.45, 2.75) is 39.5 Å². The van der Waals surface area contributed by atoms with Crippen molar-refractivity contribution in [3.63, 3.8) is 0 Å². The highest BCUT2D eigenvalue weighted by Crippen LogP contribution is 2.25. The highest BCUT2D eigenvalue weighted by molar-refractivity contribution is 5.97. The van der Waals surface area contributed by atoms with E-state index in [9.17, 15) is 9.59 Å². The molecule has 6 nitrogen and oxygen atoms in total. The molecule has 0 saturated carbocycles. The first-order valence-corrected chi connectivity index (χ1v) is 7.00. The molecule has 108 valence electrons. The minimum atomic E-state index is -0.499. The molecule has 1 N–H and O–H groups in total. The van der Waals surface area contributed by atoms with Crippen molar-refractivity contribution < 1.29 is 14.3 Å². The third kappa shape index (κ3) is 3.12. The predicted molar refractivity (Wildman–Crippen MR) is 73.3 cm³/mol. The largest absolute Gasteiger partial charge is 0.461 e. The standard InChI is InChI=1S/C14H19N3O3/c1-3-5-6-20-14(19)12-8-10-11(16-17-12)7-9(4-2)13(18)15-10/h8-9H,3-7H2,1-2H3,(H,15,18). The van der Waals surface area contributed by atoms with Gasteiger partial charge in [0.1, 0.15) is 0 Å². The van der Waals surface area contributed by atoms with Gasteiger partial charge in [-0.05, 0) is 18.9 Å². The lowest BCUT2D eigenvalue weighted by Gasteiger charge is -2.22. The Hall–Kier alpha value is -1.98. The lowest BCUT2D eigenvalue weighted by atomic mass is 9.95. The average Bonchev–Trinajstić information content (AvgIpc) is 2.46. The first-order chi connectivity index (χ1) is 9.65. The van der Waals surface area contributed by atoms with Gasteiger partial charge in [0.2, 0.25) is 5.91 Å². The molecule has 2 heterocycles. The van der Waals surface area contributed by atoms with Crippen molar-refractivity contribution in [2.24, 2.45) is 5.92 Å². The van der Waals surface area contributed by atoms with E-state index in [2.05, 4.69) is 15.5 Å². The summed E-state index contributed by atoms with van der Waals surface area (Å²) in [5, 5.41) is 10.7. The molecule has 1 amide bonds. The van der Waals surface area contributed by atoms with Crippen LogP contribution in [-0.2, 0) is 16.0 Å². The Morgan fingerprint density at radius 2 is 2.25 bits per heavy atom. The molecule has 0 aliphatic carbocycles. The number of rotatable bonds is 5. The quantitative estimate of drug-likeness (QED) is 0.657. The molecule has 1 aliphatic rings. The monoisotopic (exact) mass is 277 g/mol. The second-order valence-corrected chi connectivity index (χ2v) is 4.88. The van der Waals surface area contributed by atoms with Crippen LogP contribution in [0.15, 0.2) is 6.07 Å². The summed E-state index contributed by atoms with van der Waals surface area (Å²) in [7, 11) is 0. The van der Waals surface area contributed by atoms with E-state index in [1.807, 2.05) is 13.8 Å². The van der Waals surface area contributed by atoms with Gasteiger partial charge in [-0.15, -0.1) is 5.10 Å². The summed E-state index contributed by atoms with van der Waals surface area (Å²) in [5.41, 5.74) is 1.42. The summed E-state index contributed by atoms with van der Waals surface area (Å²) in [6, 6.07) is 1.54. The maximum Gasteiger partial charge on any atom is 0.358 e. The SMILES string of the molecule is CCCCOC(=O)c1cc2c(nn1)CC(CC)C(=O)N2. The second-order valence-electron chi connectivity index (χ2n) is 4.88. The second kappa shape index (κ2) is 6.45. The van der Waals surface area contributed by atoms with Gasteiger partial charge < -0.3 is 10.1 Å². The van der Waals surface area contributed by atoms with Crippen LogP contribution in [0, 0.1) is 5.92 Å². The fourth-order valence-electron chi connectivity index (χ4n) is 2.05. The third-order valence-corrected chi connectivity index (χ3v) is 3.37. The van der Waals surface area contributed by atoms with Gasteiger partial charge in [-0.1, -0.05) is 20.3 Å². The van der Waals surface area contributed by atoms with Crippen LogP contribution in [0.5, 0.6) is 0 Å². The number of aromatic nitrogens is 2. The Kier molecular flexibility index (Phi) is 4.65. The molecule has 0 radical (unpaired) electrons. The van der Waals surface area contributed by atoms with E-state index < -0.39 is 5.97 Å². The molecule has 1 unspecified atom stereocenters. The number of fused-ring (bicyclic) bond motifs is 1. The summed E-state index contributed by atoms with van der Waals surface area (Å²) in [5.74, 6) is -0.599. The Bertz CT molecular complexity index is 516. The van der Waals surface area contributed by atoms with E-state index in [4.69, 9.17) is 4.74 Å². The lowest BCUT2D eigenvalue weighted by Crippen LogP contribution is -2.30. The van der Waals surface area contributed by atoms with Crippen LogP contribution < -0.4 is 5.32 Å². The molecule has 1 atom stereocenters. The van der Waals surface area contributed by atoms with Crippen LogP contribution in [0.25, 0.3) is 0 Å². The van der Waals surface area contributed by atoms with Gasteiger partial charge in [0.15, 0.2) is 5.69 Å². The van der Waals surface area contributed by atoms with Gasteiger partial charge in [-0.2, -0.15) is 5.10 Å². The fourth-order valence-corrected chi connectivity index (χ4v) is 2.05. The zero-order valence-electron chi connectivity index (χ0n) is 11.8. The summed E-state index contributed by atoms with van der Waals surface area (Å²) in [4.78, 5) is 23.6. The molecular weight excluding hydrogens is 258 g/mol. The van der Waals surface area contributed by atoms with E-state index in [0.717, 1.165) is 25.0 Å². The number of carbonyl (C=O) groups is 2. The van der Waals surface area contributed by atoms with E-state index >= 15 is 0 Å². The molecule has 1 aliphatic heterocycles. The van der Waals surface area contributed by atoms with E-state index in [0.29, 0.717) is 18.7 Å². The van der Waals surface area contributed by atoms with Gasteiger partial charge in [0.25, 0.3) is 0 Å². The number of nitrogens with zero attached hydrogens (tertiary/aromatic N) is 2. The Labute approximate surface area is 117 Å². The molecule has 1 aromatic rings. The first-order valence-electron chi connectivity index (χ1n) is 7.00. The van der Waals surface area contributed by atoms with Gasteiger partial charge >= 0.3 is 5.97 Å². The minimum Gasteiger partial charge on any atom is -0.461 e. The topological polar surface area (TPSA) is 81.2 Å². The molecule has 20 heavy (non-hydrogen) atoms. The number of esters is 1. The zero-order chi connectivity index (χ0) is 14.5. The predicted octanol–water partition coefficient (Wildman–Crippen LogP) is 1.95. The Morgan fingerprint density at radius 3 is 2.95 bits per heavy atom. The number of hydrogen-bond acceptors (Lipinski definition) is 5. The van der Waals surface area contributed by atoms with Crippen molar-refractivity contribution in [3.05, 3.63) is 17.5 Å². The maximum absolute atomic E-state index is 11.8. The fraction of sp³-hybridized carbons (Fsp3) is 0.571. The number of amides is 1. The smallest absolute Gasteiger partial charge is 0.358 e. The molecule has 0 bridgehead atoms. The van der Waals surface area contributed by atoms with Gasteiger partial charge in [0.05, 0.1) is 18.0 Å². The van der Waals surface area contributed by atoms with Gasteiger partial charge in [-0.25, -0.2) is 4.79 Å². The van der Waals surface area contributed by atoms with Crippen LogP contribution in [-0.4, -0.2) is 28.7 Å². The van der Waals surface area contributed by atoms with Gasteiger partial charge in [0, 0.05) is 12.3 Å². The van der Waals surface area contributed by atoms with Crippen molar-refractivity contribution >= 4 is 17.6 Å². The van der Waals surface area contributed by atoms with Crippen LogP contribution in [0.2, 0.25) is 0 Å². The highest BCUT2D eigenvalue weighted by Gasteiger charge is 2.27. The number of unbranched alkanes of at least 4 members (excludes halogenated alkanes) is 1. The zero-order valence-corrected chi connectivity index (χ0v) is 11.8. The average molecular weight is 277 g/mol. The first kappa shape index (κ1) is 14.4. The normalized spacial score (nSPS) is 17.3. The van der Waals surface area contributed by atoms with Crippen molar-refractivity contribution in [1.82, 2.24) is 10.2 Å². The molecule has 0 fully saturated rings. The van der Waals surface area contributed by atoms with Crippen LogP contribution in [0.1, 0.15) is 49.3 Å². The molecule has 0 saturated heterocycles. The van der Waals surface area contributed by atoms with Crippen LogP contribution in [0.4, 0.5) is 5.69 Å². The Morgan fingerprint density at radius 1 is 1.45 bits per heavy atom. The lowest BCUT2D eigenvalue weighted by molar-refractivity contribution is -0.120. The Balaban J connectivity index is 2.10. The number of anilines is 1. The summed E-state index contributed by atoms with van der Waals surface area (Å²) < 4.78 is 5.07. The molecule has 1 aromatic heterocycles. The van der Waals surface area contributed by atoms with Crippen LogP contribution in [0.3, 0.4) is 0 Å². The minimum absolute atomic E-state index is 0.0294. The maximum atomic E-state index is 11.8. The van der Waals surface area contributed by atoms with E-state index in [1.165, 1.54) is 0 Å². The number of ether oxygens (including phenoxy) is 1. The summed E-state index contributed by atoms with van der Waals surface area (Å²) in [6.45, 7) is 4.35. The summed E-state index contributed by atoms with van der Waals surface area (Å²) >= 11 is 0. The number of nitrogens with one attached hydrogen (secondary N) is 1. The highest BCUT2D eigenvalue weighted by atomic mass is 16.5. The summed E-state index contributed by atoms with van der Waals surface area (Å²) in [6.07, 6.45) is 3.10. The van der Waals surface area contributed by atoms with Crippen molar-refractivity contribution in [3.8, 4) is 0 Å². The van der Waals surface area contributed by atoms with Crippen molar-refractivity contribution in [2.75, 3.05) is 11.9 Å². The van der Waals surface area contributed by atoms with E-state index in [-0.39, 0.29) is 17.5 Å². The number of carbonyl (C=O) groups excluding carboxylic acids is 2. The van der Waals surface area contributed by atoms with E-state index in [1.54, 1.807) is 6.07 Å². The molecular formula is C14H19N3O3. The van der Waals surface area contributed by atoms with Gasteiger partial charge in [-0.3, -0.25) is 4.79 Å². The van der Waals surface area contributed by atoms with Crippen LogP contribution >= 0.6 is 0 Å². The third-order valence-electron chi connectivity index (χ3n) is 3.37. The molecule has 0 aromatic carbocycles. The molecule has 6 heteroatoms. The molecule has 0 spiro atoms. The van der Waals surface area contributed by atoms with Crippen molar-refractivity contribution in [1.29, 1.82) is 0 Å².